The summed E-state index contributed by atoms with van der Waals surface area (Å²) in [6, 6.07) is 4.63. The lowest BCUT2D eigenvalue weighted by Gasteiger charge is -2.09. The van der Waals surface area contributed by atoms with Crippen LogP contribution in [0.15, 0.2) is 24.4 Å². The number of hydrogen-bond acceptors (Lipinski definition) is 4. The molecular formula is C15H18FN3O. The van der Waals surface area contributed by atoms with Gasteiger partial charge < -0.3 is 10.1 Å². The van der Waals surface area contributed by atoms with Crippen molar-refractivity contribution in [3.05, 3.63) is 47.0 Å². The van der Waals surface area contributed by atoms with E-state index in [4.69, 9.17) is 4.74 Å². The molecule has 1 heterocycles. The quantitative estimate of drug-likeness (QED) is 0.910. The predicted octanol–water partition coefficient (Wildman–Crippen LogP) is 3.13. The van der Waals surface area contributed by atoms with Gasteiger partial charge in [-0.2, -0.15) is 4.98 Å². The Morgan fingerprint density at radius 2 is 2.10 bits per heavy atom. The Balaban J connectivity index is 2.17. The summed E-state index contributed by atoms with van der Waals surface area (Å²) in [4.78, 5) is 8.46. The molecule has 0 atom stereocenters. The van der Waals surface area contributed by atoms with Crippen molar-refractivity contribution < 1.29 is 9.13 Å². The van der Waals surface area contributed by atoms with Crippen molar-refractivity contribution >= 4 is 0 Å². The molecule has 0 bridgehead atoms. The molecule has 0 radical (unpaired) electrons. The molecule has 1 aromatic heterocycles. The van der Waals surface area contributed by atoms with Crippen LogP contribution in [-0.2, 0) is 6.54 Å². The molecule has 0 saturated heterocycles. The van der Waals surface area contributed by atoms with Crippen LogP contribution >= 0.6 is 0 Å². The summed E-state index contributed by atoms with van der Waals surface area (Å²) in [7, 11) is 0. The SMILES string of the molecule is CCNCc1cnc(Oc2cc(F)ccc2C)nc1C. The van der Waals surface area contributed by atoms with E-state index in [0.29, 0.717) is 5.75 Å². The van der Waals surface area contributed by atoms with Gasteiger partial charge in [0.25, 0.3) is 0 Å². The molecule has 2 rings (SSSR count). The zero-order valence-electron chi connectivity index (χ0n) is 11.9. The van der Waals surface area contributed by atoms with Gasteiger partial charge in [0.15, 0.2) is 0 Å². The largest absolute Gasteiger partial charge is 0.424 e. The summed E-state index contributed by atoms with van der Waals surface area (Å²) in [5.74, 6) is 0.0925. The van der Waals surface area contributed by atoms with Crippen LogP contribution in [0.1, 0.15) is 23.7 Å². The Hall–Kier alpha value is -2.01. The summed E-state index contributed by atoms with van der Waals surface area (Å²) >= 11 is 0. The fourth-order valence-corrected chi connectivity index (χ4v) is 1.74. The van der Waals surface area contributed by atoms with Gasteiger partial charge in [-0.25, -0.2) is 9.37 Å². The second-order valence-corrected chi connectivity index (χ2v) is 4.56. The third-order valence-electron chi connectivity index (χ3n) is 2.98. The fraction of sp³-hybridized carbons (Fsp3) is 0.333. The number of hydrogen-bond donors (Lipinski definition) is 1. The van der Waals surface area contributed by atoms with E-state index >= 15 is 0 Å². The molecular weight excluding hydrogens is 257 g/mol. The number of aryl methyl sites for hydroxylation is 2. The van der Waals surface area contributed by atoms with Crippen molar-refractivity contribution in [1.82, 2.24) is 15.3 Å². The maximum atomic E-state index is 13.2. The van der Waals surface area contributed by atoms with E-state index in [2.05, 4.69) is 15.3 Å². The monoisotopic (exact) mass is 275 g/mol. The molecule has 0 saturated carbocycles. The van der Waals surface area contributed by atoms with Crippen LogP contribution in [0.25, 0.3) is 0 Å². The molecule has 0 aliphatic heterocycles. The first-order chi connectivity index (χ1) is 9.60. The number of rotatable bonds is 5. The maximum Gasteiger partial charge on any atom is 0.322 e. The van der Waals surface area contributed by atoms with Gasteiger partial charge in [0.1, 0.15) is 11.6 Å². The standard InChI is InChI=1S/C15H18FN3O/c1-4-17-8-12-9-18-15(19-11(12)3)20-14-7-13(16)6-5-10(14)2/h5-7,9,17H,4,8H2,1-3H3. The molecule has 0 aliphatic carbocycles. The first-order valence-electron chi connectivity index (χ1n) is 6.57. The average Bonchev–Trinajstić information content (AvgIpc) is 2.42. The molecule has 1 aromatic carbocycles. The predicted molar refractivity (Wildman–Crippen MR) is 75.4 cm³/mol. The van der Waals surface area contributed by atoms with Crippen LogP contribution in [0.4, 0.5) is 4.39 Å². The minimum atomic E-state index is -0.342. The molecule has 0 spiro atoms. The van der Waals surface area contributed by atoms with Crippen molar-refractivity contribution in [3.8, 4) is 11.8 Å². The van der Waals surface area contributed by atoms with Crippen molar-refractivity contribution in [3.63, 3.8) is 0 Å². The van der Waals surface area contributed by atoms with E-state index in [1.165, 1.54) is 12.1 Å². The van der Waals surface area contributed by atoms with Gasteiger partial charge in [0.05, 0.1) is 0 Å². The summed E-state index contributed by atoms with van der Waals surface area (Å²) in [5, 5.41) is 3.22. The summed E-state index contributed by atoms with van der Waals surface area (Å²) < 4.78 is 18.8. The summed E-state index contributed by atoms with van der Waals surface area (Å²) in [6.45, 7) is 7.41. The fourth-order valence-electron chi connectivity index (χ4n) is 1.74. The number of benzene rings is 1. The van der Waals surface area contributed by atoms with E-state index in [1.54, 1.807) is 12.3 Å². The second-order valence-electron chi connectivity index (χ2n) is 4.56. The van der Waals surface area contributed by atoms with Gasteiger partial charge >= 0.3 is 6.01 Å². The third kappa shape index (κ3) is 3.51. The molecule has 0 fully saturated rings. The average molecular weight is 275 g/mol. The van der Waals surface area contributed by atoms with Crippen molar-refractivity contribution in [2.24, 2.45) is 0 Å². The first-order valence-corrected chi connectivity index (χ1v) is 6.57. The Labute approximate surface area is 118 Å². The van der Waals surface area contributed by atoms with Gasteiger partial charge in [-0.05, 0) is 32.0 Å². The smallest absolute Gasteiger partial charge is 0.322 e. The lowest BCUT2D eigenvalue weighted by atomic mass is 10.2. The molecule has 20 heavy (non-hydrogen) atoms. The van der Waals surface area contributed by atoms with E-state index in [1.807, 2.05) is 20.8 Å². The van der Waals surface area contributed by atoms with E-state index in [-0.39, 0.29) is 11.8 Å². The number of aromatic nitrogens is 2. The molecule has 0 unspecified atom stereocenters. The lowest BCUT2D eigenvalue weighted by molar-refractivity contribution is 0.432. The van der Waals surface area contributed by atoms with Gasteiger partial charge in [0.2, 0.25) is 0 Å². The number of nitrogens with zero attached hydrogens (tertiary/aromatic N) is 2. The minimum absolute atomic E-state index is 0.233. The highest BCUT2D eigenvalue weighted by atomic mass is 19.1. The highest BCUT2D eigenvalue weighted by Crippen LogP contribution is 2.23. The molecule has 1 N–H and O–H groups in total. The summed E-state index contributed by atoms with van der Waals surface area (Å²) in [6.07, 6.45) is 1.73. The van der Waals surface area contributed by atoms with Crippen LogP contribution < -0.4 is 10.1 Å². The van der Waals surface area contributed by atoms with Crippen LogP contribution in [0.3, 0.4) is 0 Å². The molecule has 2 aromatic rings. The molecule has 106 valence electrons. The highest BCUT2D eigenvalue weighted by molar-refractivity contribution is 5.34. The zero-order valence-corrected chi connectivity index (χ0v) is 11.9. The molecule has 0 aliphatic rings. The summed E-state index contributed by atoms with van der Waals surface area (Å²) in [5.41, 5.74) is 2.71. The van der Waals surface area contributed by atoms with Crippen molar-refractivity contribution in [1.29, 1.82) is 0 Å². The molecule has 4 nitrogen and oxygen atoms in total. The van der Waals surface area contributed by atoms with E-state index in [9.17, 15) is 4.39 Å². The zero-order chi connectivity index (χ0) is 14.5. The van der Waals surface area contributed by atoms with Gasteiger partial charge in [-0.1, -0.05) is 13.0 Å². The van der Waals surface area contributed by atoms with Gasteiger partial charge in [-0.15, -0.1) is 0 Å². The van der Waals surface area contributed by atoms with E-state index in [0.717, 1.165) is 29.9 Å². The van der Waals surface area contributed by atoms with E-state index < -0.39 is 0 Å². The van der Waals surface area contributed by atoms with Crippen LogP contribution in [0.5, 0.6) is 11.8 Å². The van der Waals surface area contributed by atoms with Crippen molar-refractivity contribution in [2.75, 3.05) is 6.54 Å². The molecule has 0 amide bonds. The maximum absolute atomic E-state index is 13.2. The highest BCUT2D eigenvalue weighted by Gasteiger charge is 2.08. The molecule has 5 heteroatoms. The second kappa shape index (κ2) is 6.43. The minimum Gasteiger partial charge on any atom is -0.424 e. The number of halogens is 1. The number of nitrogens with one attached hydrogen (secondary N) is 1. The number of ether oxygens (including phenoxy) is 1. The Kier molecular flexibility index (Phi) is 4.63. The lowest BCUT2D eigenvalue weighted by Crippen LogP contribution is -2.13. The topological polar surface area (TPSA) is 47.0 Å². The van der Waals surface area contributed by atoms with Crippen molar-refractivity contribution in [2.45, 2.75) is 27.3 Å². The van der Waals surface area contributed by atoms with Gasteiger partial charge in [-0.3, -0.25) is 0 Å². The third-order valence-corrected chi connectivity index (χ3v) is 2.98. The Bertz CT molecular complexity index is 602. The van der Waals surface area contributed by atoms with Crippen LogP contribution in [0, 0.1) is 19.7 Å². The Morgan fingerprint density at radius 3 is 2.80 bits per heavy atom. The first kappa shape index (κ1) is 14.4. The van der Waals surface area contributed by atoms with Crippen LogP contribution in [0.2, 0.25) is 0 Å². The van der Waals surface area contributed by atoms with Crippen LogP contribution in [-0.4, -0.2) is 16.5 Å². The Morgan fingerprint density at radius 1 is 1.30 bits per heavy atom. The normalized spacial score (nSPS) is 10.6. The van der Waals surface area contributed by atoms with Gasteiger partial charge in [0, 0.05) is 30.1 Å².